The van der Waals surface area contributed by atoms with Gasteiger partial charge in [0.25, 0.3) is 0 Å². The van der Waals surface area contributed by atoms with Crippen LogP contribution in [0.3, 0.4) is 0 Å². The van der Waals surface area contributed by atoms with Gasteiger partial charge in [0.05, 0.1) is 0 Å². The molecule has 0 saturated carbocycles. The topological polar surface area (TPSA) is 66.7 Å². The summed E-state index contributed by atoms with van der Waals surface area (Å²) in [5, 5.41) is 10.1. The van der Waals surface area contributed by atoms with Crippen molar-refractivity contribution in [3.8, 4) is 0 Å². The van der Waals surface area contributed by atoms with E-state index in [-0.39, 0.29) is 17.4 Å². The number of nitro groups is 1. The van der Waals surface area contributed by atoms with Crippen LogP contribution in [-0.2, 0) is 4.79 Å². The van der Waals surface area contributed by atoms with Crippen molar-refractivity contribution in [2.45, 2.75) is 6.42 Å². The lowest BCUT2D eigenvalue weighted by molar-refractivity contribution is -0.468. The molecule has 1 amide bonds. The van der Waals surface area contributed by atoms with Crippen LogP contribution in [-0.4, -0.2) is 59.9 Å². The van der Waals surface area contributed by atoms with Gasteiger partial charge in [0.2, 0.25) is 12.5 Å². The fourth-order valence-electron chi connectivity index (χ4n) is 1.86. The molecule has 1 fully saturated rings. The van der Waals surface area contributed by atoms with Gasteiger partial charge < -0.3 is 4.90 Å². The Hall–Kier alpha value is -1.69. The molecule has 1 heterocycles. The van der Waals surface area contributed by atoms with E-state index in [1.165, 1.54) is 6.08 Å². The fourth-order valence-corrected chi connectivity index (χ4v) is 1.86. The minimum Gasteiger partial charge on any atom is -0.337 e. The first kappa shape index (κ1) is 14.4. The molecule has 6 heteroatoms. The molecule has 1 saturated heterocycles. The maximum atomic E-state index is 11.4. The van der Waals surface area contributed by atoms with Crippen LogP contribution in [0, 0.1) is 10.1 Å². The first-order valence-electron chi connectivity index (χ1n) is 6.04. The largest absolute Gasteiger partial charge is 0.337 e. The maximum Gasteiger partial charge on any atom is 0.246 e. The lowest BCUT2D eigenvalue weighted by atomic mass is 10.2. The third kappa shape index (κ3) is 5.09. The van der Waals surface area contributed by atoms with Gasteiger partial charge in [0.15, 0.2) is 0 Å². The summed E-state index contributed by atoms with van der Waals surface area (Å²) in [7, 11) is 0. The van der Waals surface area contributed by atoms with Crippen LogP contribution in [0.5, 0.6) is 0 Å². The SMILES string of the molecule is C=CC(=O)N1CCN(CC/C=C/C[N+](=O)[O-])CC1. The Morgan fingerprint density at radius 3 is 2.50 bits per heavy atom. The van der Waals surface area contributed by atoms with E-state index in [4.69, 9.17) is 0 Å². The van der Waals surface area contributed by atoms with Crippen molar-refractivity contribution in [1.29, 1.82) is 0 Å². The van der Waals surface area contributed by atoms with Gasteiger partial charge in [-0.3, -0.25) is 19.8 Å². The Kier molecular flexibility index (Phi) is 6.07. The summed E-state index contributed by atoms with van der Waals surface area (Å²) < 4.78 is 0. The zero-order chi connectivity index (χ0) is 13.4. The Balaban J connectivity index is 2.16. The molecular formula is C12H19N3O3. The summed E-state index contributed by atoms with van der Waals surface area (Å²) in [6.07, 6.45) is 5.57. The molecule has 0 atom stereocenters. The molecule has 6 nitrogen and oxygen atoms in total. The highest BCUT2D eigenvalue weighted by Crippen LogP contribution is 2.03. The number of carbonyl (C=O) groups excluding carboxylic acids is 1. The normalized spacial score (nSPS) is 17.0. The third-order valence-corrected chi connectivity index (χ3v) is 2.89. The molecule has 1 rings (SSSR count). The minimum atomic E-state index is -0.351. The first-order valence-corrected chi connectivity index (χ1v) is 6.04. The molecule has 100 valence electrons. The average Bonchev–Trinajstić information content (AvgIpc) is 2.38. The van der Waals surface area contributed by atoms with Crippen molar-refractivity contribution in [3.05, 3.63) is 34.9 Å². The number of hydrogen-bond acceptors (Lipinski definition) is 4. The summed E-state index contributed by atoms with van der Waals surface area (Å²) in [6.45, 7) is 7.39. The van der Waals surface area contributed by atoms with E-state index in [0.717, 1.165) is 39.1 Å². The summed E-state index contributed by atoms with van der Waals surface area (Å²) in [5.74, 6) is -0.0134. The second-order valence-corrected chi connectivity index (χ2v) is 4.15. The van der Waals surface area contributed by atoms with E-state index < -0.39 is 0 Å². The molecule has 0 aromatic rings. The van der Waals surface area contributed by atoms with Crippen LogP contribution in [0.4, 0.5) is 0 Å². The third-order valence-electron chi connectivity index (χ3n) is 2.89. The molecule has 0 bridgehead atoms. The number of rotatable bonds is 6. The predicted octanol–water partition coefficient (Wildman–Crippen LogP) is 0.540. The molecule has 0 spiro atoms. The lowest BCUT2D eigenvalue weighted by Gasteiger charge is -2.33. The second-order valence-electron chi connectivity index (χ2n) is 4.15. The molecule has 18 heavy (non-hydrogen) atoms. The van der Waals surface area contributed by atoms with E-state index in [1.54, 1.807) is 11.0 Å². The Morgan fingerprint density at radius 1 is 1.28 bits per heavy atom. The molecular weight excluding hydrogens is 234 g/mol. The van der Waals surface area contributed by atoms with Crippen LogP contribution < -0.4 is 0 Å². The van der Waals surface area contributed by atoms with Crippen LogP contribution in [0.2, 0.25) is 0 Å². The van der Waals surface area contributed by atoms with Gasteiger partial charge in [-0.05, 0) is 18.6 Å². The number of nitrogens with zero attached hydrogens (tertiary/aromatic N) is 3. The van der Waals surface area contributed by atoms with Crippen molar-refractivity contribution in [2.75, 3.05) is 39.3 Å². The number of piperazine rings is 1. The highest BCUT2D eigenvalue weighted by molar-refractivity contribution is 5.87. The summed E-state index contributed by atoms with van der Waals surface area (Å²) in [6, 6.07) is 0. The van der Waals surface area contributed by atoms with Gasteiger partial charge in [-0.15, -0.1) is 0 Å². The molecule has 0 aromatic heterocycles. The molecule has 0 radical (unpaired) electrons. The highest BCUT2D eigenvalue weighted by Gasteiger charge is 2.18. The van der Waals surface area contributed by atoms with Gasteiger partial charge in [0.1, 0.15) is 0 Å². The molecule has 0 unspecified atom stereocenters. The van der Waals surface area contributed by atoms with E-state index in [0.29, 0.717) is 0 Å². The van der Waals surface area contributed by atoms with Crippen LogP contribution in [0.25, 0.3) is 0 Å². The summed E-state index contributed by atoms with van der Waals surface area (Å²) >= 11 is 0. The molecule has 1 aliphatic rings. The smallest absolute Gasteiger partial charge is 0.246 e. The molecule has 0 aromatic carbocycles. The number of hydrogen-bond donors (Lipinski definition) is 0. The quantitative estimate of drug-likeness (QED) is 0.300. The van der Waals surface area contributed by atoms with Crippen LogP contribution in [0.15, 0.2) is 24.8 Å². The highest BCUT2D eigenvalue weighted by atomic mass is 16.6. The zero-order valence-corrected chi connectivity index (χ0v) is 10.5. The second kappa shape index (κ2) is 7.60. The van der Waals surface area contributed by atoms with E-state index in [1.807, 2.05) is 6.08 Å². The standard InChI is InChI=1S/C12H19N3O3/c1-2-12(16)14-10-8-13(9-11-14)6-4-3-5-7-15(17)18/h2-3,5H,1,4,6-11H2/b5-3+. The minimum absolute atomic E-state index is 0.0134. The molecule has 1 aliphatic heterocycles. The van der Waals surface area contributed by atoms with Crippen molar-refractivity contribution < 1.29 is 9.72 Å². The molecule has 0 aliphatic carbocycles. The van der Waals surface area contributed by atoms with Crippen LogP contribution in [0.1, 0.15) is 6.42 Å². The van der Waals surface area contributed by atoms with Gasteiger partial charge in [-0.2, -0.15) is 0 Å². The maximum absolute atomic E-state index is 11.4. The fraction of sp³-hybridized carbons (Fsp3) is 0.583. The van der Waals surface area contributed by atoms with Crippen molar-refractivity contribution >= 4 is 5.91 Å². The van der Waals surface area contributed by atoms with Crippen molar-refractivity contribution in [3.63, 3.8) is 0 Å². The lowest BCUT2D eigenvalue weighted by Crippen LogP contribution is -2.48. The summed E-state index contributed by atoms with van der Waals surface area (Å²) in [4.78, 5) is 25.1. The van der Waals surface area contributed by atoms with Gasteiger partial charge in [0, 0.05) is 37.6 Å². The Bertz CT molecular complexity index is 333. The predicted molar refractivity (Wildman–Crippen MR) is 68.8 cm³/mol. The average molecular weight is 253 g/mol. The Labute approximate surface area is 107 Å². The van der Waals surface area contributed by atoms with Gasteiger partial charge in [-0.1, -0.05) is 12.7 Å². The molecule has 0 N–H and O–H groups in total. The first-order chi connectivity index (χ1) is 8.63. The summed E-state index contributed by atoms with van der Waals surface area (Å²) in [5.41, 5.74) is 0. The van der Waals surface area contributed by atoms with E-state index in [2.05, 4.69) is 11.5 Å². The van der Waals surface area contributed by atoms with Crippen molar-refractivity contribution in [2.24, 2.45) is 0 Å². The van der Waals surface area contributed by atoms with E-state index in [9.17, 15) is 14.9 Å². The van der Waals surface area contributed by atoms with Crippen molar-refractivity contribution in [1.82, 2.24) is 9.80 Å². The van der Waals surface area contributed by atoms with Gasteiger partial charge >= 0.3 is 0 Å². The number of amides is 1. The monoisotopic (exact) mass is 253 g/mol. The zero-order valence-electron chi connectivity index (χ0n) is 10.5. The van der Waals surface area contributed by atoms with E-state index >= 15 is 0 Å². The van der Waals surface area contributed by atoms with Crippen LogP contribution >= 0.6 is 0 Å². The Morgan fingerprint density at radius 2 is 1.94 bits per heavy atom. The van der Waals surface area contributed by atoms with Gasteiger partial charge in [-0.25, -0.2) is 0 Å². The number of carbonyl (C=O) groups is 1.